The topological polar surface area (TPSA) is 45.2 Å². The van der Waals surface area contributed by atoms with Crippen LogP contribution in [0.2, 0.25) is 0 Å². The second-order valence-corrected chi connectivity index (χ2v) is 7.42. The number of thiazole rings is 1. The Kier molecular flexibility index (Phi) is 6.79. The summed E-state index contributed by atoms with van der Waals surface area (Å²) < 4.78 is 0. The molecule has 0 unspecified atom stereocenters. The highest BCUT2D eigenvalue weighted by Crippen LogP contribution is 2.18. The molecule has 0 fully saturated rings. The van der Waals surface area contributed by atoms with E-state index in [1.807, 2.05) is 14.1 Å². The van der Waals surface area contributed by atoms with Gasteiger partial charge in [-0.15, -0.1) is 11.3 Å². The van der Waals surface area contributed by atoms with Crippen molar-refractivity contribution in [3.63, 3.8) is 0 Å². The molecule has 1 aromatic carbocycles. The van der Waals surface area contributed by atoms with Crippen LogP contribution in [0.25, 0.3) is 0 Å². The van der Waals surface area contributed by atoms with Gasteiger partial charge < -0.3 is 10.2 Å². The molecule has 0 aliphatic heterocycles. The third kappa shape index (κ3) is 5.64. The van der Waals surface area contributed by atoms with E-state index in [4.69, 9.17) is 0 Å². The zero-order chi connectivity index (χ0) is 17.5. The molecule has 130 valence electrons. The van der Waals surface area contributed by atoms with E-state index in [-0.39, 0.29) is 5.91 Å². The Balaban J connectivity index is 1.69. The molecule has 4 nitrogen and oxygen atoms in total. The van der Waals surface area contributed by atoms with Crippen LogP contribution in [-0.2, 0) is 17.6 Å². The van der Waals surface area contributed by atoms with Gasteiger partial charge in [0.25, 0.3) is 0 Å². The van der Waals surface area contributed by atoms with Crippen molar-refractivity contribution in [2.45, 2.75) is 39.0 Å². The highest BCUT2D eigenvalue weighted by atomic mass is 32.1. The summed E-state index contributed by atoms with van der Waals surface area (Å²) in [6.45, 7) is 4.95. The Morgan fingerprint density at radius 3 is 2.50 bits per heavy atom. The van der Waals surface area contributed by atoms with Crippen LogP contribution in [0.4, 0.5) is 5.69 Å². The predicted molar refractivity (Wildman–Crippen MR) is 102 cm³/mol. The fourth-order valence-corrected chi connectivity index (χ4v) is 3.28. The summed E-state index contributed by atoms with van der Waals surface area (Å²) >= 11 is 1.68. The second-order valence-electron chi connectivity index (χ2n) is 6.48. The van der Waals surface area contributed by atoms with E-state index in [0.29, 0.717) is 18.9 Å². The van der Waals surface area contributed by atoms with Gasteiger partial charge in [-0.2, -0.15) is 0 Å². The predicted octanol–water partition coefficient (Wildman–Crippen LogP) is 3.62. The molecule has 0 spiro atoms. The molecule has 0 bridgehead atoms. The lowest BCUT2D eigenvalue weighted by molar-refractivity contribution is -0.121. The number of rotatable bonds is 8. The Morgan fingerprint density at radius 2 is 1.92 bits per heavy atom. The SMILES string of the molecule is CC(C)c1csc(CCNC(=O)CCc2ccc(N(C)C)cc2)n1. The largest absolute Gasteiger partial charge is 0.378 e. The van der Waals surface area contributed by atoms with Crippen molar-refractivity contribution in [3.05, 3.63) is 45.9 Å². The maximum atomic E-state index is 12.0. The molecule has 2 aromatic rings. The minimum Gasteiger partial charge on any atom is -0.378 e. The summed E-state index contributed by atoms with van der Waals surface area (Å²) in [5, 5.41) is 6.19. The Bertz CT molecular complexity index is 647. The monoisotopic (exact) mass is 345 g/mol. The van der Waals surface area contributed by atoms with Crippen LogP contribution in [0.5, 0.6) is 0 Å². The number of hydrogen-bond acceptors (Lipinski definition) is 4. The van der Waals surface area contributed by atoms with Crippen LogP contribution in [-0.4, -0.2) is 31.5 Å². The van der Waals surface area contributed by atoms with Gasteiger partial charge in [0.1, 0.15) is 0 Å². The molecule has 0 saturated carbocycles. The van der Waals surface area contributed by atoms with E-state index in [9.17, 15) is 4.79 Å². The second kappa shape index (κ2) is 8.83. The van der Waals surface area contributed by atoms with Crippen molar-refractivity contribution in [1.82, 2.24) is 10.3 Å². The van der Waals surface area contributed by atoms with E-state index in [0.717, 1.165) is 23.5 Å². The number of amides is 1. The third-order valence-electron chi connectivity index (χ3n) is 3.92. The smallest absolute Gasteiger partial charge is 0.220 e. The summed E-state index contributed by atoms with van der Waals surface area (Å²) in [4.78, 5) is 18.6. The zero-order valence-corrected chi connectivity index (χ0v) is 15.8. The highest BCUT2D eigenvalue weighted by Gasteiger charge is 2.07. The first-order chi connectivity index (χ1) is 11.5. The molecule has 0 radical (unpaired) electrons. The fourth-order valence-electron chi connectivity index (χ4n) is 2.32. The van der Waals surface area contributed by atoms with Gasteiger partial charge in [-0.25, -0.2) is 4.98 Å². The average Bonchev–Trinajstić information content (AvgIpc) is 3.02. The number of carbonyl (C=O) groups is 1. The number of anilines is 1. The lowest BCUT2D eigenvalue weighted by Crippen LogP contribution is -2.25. The summed E-state index contributed by atoms with van der Waals surface area (Å²) in [5.41, 5.74) is 3.51. The Labute approximate surface area is 148 Å². The van der Waals surface area contributed by atoms with Crippen molar-refractivity contribution in [3.8, 4) is 0 Å². The maximum absolute atomic E-state index is 12.0. The van der Waals surface area contributed by atoms with Crippen molar-refractivity contribution in [1.29, 1.82) is 0 Å². The van der Waals surface area contributed by atoms with Gasteiger partial charge in [-0.1, -0.05) is 26.0 Å². The van der Waals surface area contributed by atoms with Crippen LogP contribution < -0.4 is 10.2 Å². The van der Waals surface area contributed by atoms with Crippen LogP contribution in [0.15, 0.2) is 29.6 Å². The van der Waals surface area contributed by atoms with E-state index in [2.05, 4.69) is 58.7 Å². The number of carbonyl (C=O) groups excluding carboxylic acids is 1. The lowest BCUT2D eigenvalue weighted by atomic mass is 10.1. The number of benzene rings is 1. The number of aryl methyl sites for hydroxylation is 1. The first-order valence-corrected chi connectivity index (χ1v) is 9.31. The van der Waals surface area contributed by atoms with Crippen LogP contribution in [0.3, 0.4) is 0 Å². The van der Waals surface area contributed by atoms with Crippen LogP contribution >= 0.6 is 11.3 Å². The van der Waals surface area contributed by atoms with Gasteiger partial charge in [-0.05, 0) is 30.0 Å². The molecule has 24 heavy (non-hydrogen) atoms. The summed E-state index contributed by atoms with van der Waals surface area (Å²) in [6, 6.07) is 8.35. The lowest BCUT2D eigenvalue weighted by Gasteiger charge is -2.12. The first kappa shape index (κ1) is 18.5. The maximum Gasteiger partial charge on any atom is 0.220 e. The van der Waals surface area contributed by atoms with Crippen molar-refractivity contribution in [2.75, 3.05) is 25.5 Å². The number of nitrogens with one attached hydrogen (secondary N) is 1. The number of hydrogen-bond donors (Lipinski definition) is 1. The van der Waals surface area contributed by atoms with Gasteiger partial charge in [-0.3, -0.25) is 4.79 Å². The van der Waals surface area contributed by atoms with Crippen LogP contribution in [0, 0.1) is 0 Å². The molecule has 1 N–H and O–H groups in total. The van der Waals surface area contributed by atoms with Crippen molar-refractivity contribution >= 4 is 22.9 Å². The molecule has 2 rings (SSSR count). The van der Waals surface area contributed by atoms with E-state index < -0.39 is 0 Å². The molecule has 0 saturated heterocycles. The van der Waals surface area contributed by atoms with Gasteiger partial charge in [0.05, 0.1) is 10.7 Å². The molecular weight excluding hydrogens is 318 g/mol. The van der Waals surface area contributed by atoms with E-state index >= 15 is 0 Å². The summed E-state index contributed by atoms with van der Waals surface area (Å²) in [6.07, 6.45) is 2.10. The van der Waals surface area contributed by atoms with Crippen LogP contribution in [0.1, 0.15) is 42.5 Å². The van der Waals surface area contributed by atoms with E-state index in [1.165, 1.54) is 11.3 Å². The highest BCUT2D eigenvalue weighted by molar-refractivity contribution is 7.09. The fraction of sp³-hybridized carbons (Fsp3) is 0.474. The van der Waals surface area contributed by atoms with Gasteiger partial charge >= 0.3 is 0 Å². The number of aromatic nitrogens is 1. The molecule has 0 aliphatic carbocycles. The van der Waals surface area contributed by atoms with Gasteiger partial charge in [0.15, 0.2) is 0 Å². The standard InChI is InChI=1S/C19H27N3OS/c1-14(2)17-13-24-19(21-17)11-12-20-18(23)10-7-15-5-8-16(9-6-15)22(3)4/h5-6,8-9,13-14H,7,10-12H2,1-4H3,(H,20,23). The summed E-state index contributed by atoms with van der Waals surface area (Å²) in [7, 11) is 4.05. The van der Waals surface area contributed by atoms with Gasteiger partial charge in [0.2, 0.25) is 5.91 Å². The third-order valence-corrected chi connectivity index (χ3v) is 4.84. The normalized spacial score (nSPS) is 10.9. The van der Waals surface area contributed by atoms with E-state index in [1.54, 1.807) is 11.3 Å². The molecule has 0 aliphatic rings. The van der Waals surface area contributed by atoms with Crippen molar-refractivity contribution < 1.29 is 4.79 Å². The molecule has 0 atom stereocenters. The number of nitrogens with zero attached hydrogens (tertiary/aromatic N) is 2. The molecular formula is C19H27N3OS. The van der Waals surface area contributed by atoms with Crippen molar-refractivity contribution in [2.24, 2.45) is 0 Å². The summed E-state index contributed by atoms with van der Waals surface area (Å²) in [5.74, 6) is 0.566. The molecule has 1 aromatic heterocycles. The Morgan fingerprint density at radius 1 is 1.21 bits per heavy atom. The molecule has 5 heteroatoms. The minimum absolute atomic E-state index is 0.104. The molecule has 1 amide bonds. The first-order valence-electron chi connectivity index (χ1n) is 8.43. The molecule has 1 heterocycles. The zero-order valence-electron chi connectivity index (χ0n) is 15.0. The quantitative estimate of drug-likeness (QED) is 0.795. The Hall–Kier alpha value is -1.88. The van der Waals surface area contributed by atoms with Gasteiger partial charge in [0, 0.05) is 44.5 Å². The average molecular weight is 346 g/mol. The minimum atomic E-state index is 0.104.